The lowest BCUT2D eigenvalue weighted by Crippen LogP contribution is -2.41. The molecule has 0 bridgehead atoms. The molecule has 9 heteroatoms. The second-order valence-electron chi connectivity index (χ2n) is 4.21. The van der Waals surface area contributed by atoms with Crippen LogP contribution < -0.4 is 5.32 Å². The van der Waals surface area contributed by atoms with Crippen LogP contribution >= 0.6 is 0 Å². The number of pyridine rings is 1. The minimum atomic E-state index is -3.33. The van der Waals surface area contributed by atoms with Gasteiger partial charge in [-0.05, 0) is 12.5 Å². The molecular formula is C11H14N2O6S. The first kappa shape index (κ1) is 15.9. The molecule has 0 aliphatic carbocycles. The molecule has 0 spiro atoms. The maximum atomic E-state index is 11.8. The molecule has 1 unspecified atom stereocenters. The van der Waals surface area contributed by atoms with Crippen LogP contribution in [-0.2, 0) is 14.6 Å². The summed E-state index contributed by atoms with van der Waals surface area (Å²) in [7, 11) is -3.33. The zero-order valence-corrected chi connectivity index (χ0v) is 11.4. The quantitative estimate of drug-likeness (QED) is 0.639. The van der Waals surface area contributed by atoms with Crippen molar-refractivity contribution < 1.29 is 28.2 Å². The van der Waals surface area contributed by atoms with Crippen molar-refractivity contribution in [1.82, 2.24) is 10.3 Å². The largest absolute Gasteiger partial charge is 0.506 e. The van der Waals surface area contributed by atoms with Crippen LogP contribution in [0.25, 0.3) is 0 Å². The Kier molecular flexibility index (Phi) is 5.03. The molecule has 20 heavy (non-hydrogen) atoms. The van der Waals surface area contributed by atoms with Gasteiger partial charge in [0.1, 0.15) is 21.6 Å². The summed E-state index contributed by atoms with van der Waals surface area (Å²) in [5, 5.41) is 20.3. The van der Waals surface area contributed by atoms with Crippen LogP contribution in [0.2, 0.25) is 0 Å². The molecule has 1 heterocycles. The van der Waals surface area contributed by atoms with Crippen molar-refractivity contribution in [2.24, 2.45) is 0 Å². The van der Waals surface area contributed by atoms with E-state index in [0.29, 0.717) is 0 Å². The fraction of sp³-hybridized carbons (Fsp3) is 0.364. The molecule has 1 aromatic heterocycles. The number of carbonyl (C=O) groups excluding carboxylic acids is 1. The number of carbonyl (C=O) groups is 2. The van der Waals surface area contributed by atoms with Crippen molar-refractivity contribution in [3.63, 3.8) is 0 Å². The number of nitrogens with one attached hydrogen (secondary N) is 1. The van der Waals surface area contributed by atoms with Gasteiger partial charge in [0.05, 0.1) is 17.5 Å². The van der Waals surface area contributed by atoms with Gasteiger partial charge in [0.2, 0.25) is 0 Å². The summed E-state index contributed by atoms with van der Waals surface area (Å²) < 4.78 is 22.0. The minimum Gasteiger partial charge on any atom is -0.506 e. The molecule has 0 aliphatic rings. The highest BCUT2D eigenvalue weighted by Gasteiger charge is 2.22. The van der Waals surface area contributed by atoms with Gasteiger partial charge in [-0.1, -0.05) is 0 Å². The summed E-state index contributed by atoms with van der Waals surface area (Å²) in [5.74, 6) is -2.69. The number of rotatable bonds is 6. The van der Waals surface area contributed by atoms with Gasteiger partial charge in [-0.15, -0.1) is 0 Å². The van der Waals surface area contributed by atoms with Gasteiger partial charge in [-0.2, -0.15) is 0 Å². The average Bonchev–Trinajstić information content (AvgIpc) is 2.32. The lowest BCUT2D eigenvalue weighted by atomic mass is 10.2. The number of carboxylic acid groups (broad SMARTS) is 1. The third kappa shape index (κ3) is 5.22. The molecule has 0 fully saturated rings. The number of amides is 1. The van der Waals surface area contributed by atoms with Crippen molar-refractivity contribution in [1.29, 1.82) is 0 Å². The van der Waals surface area contributed by atoms with Gasteiger partial charge in [-0.3, -0.25) is 9.78 Å². The lowest BCUT2D eigenvalue weighted by molar-refractivity contribution is -0.139. The first-order valence-corrected chi connectivity index (χ1v) is 7.60. The van der Waals surface area contributed by atoms with Crippen molar-refractivity contribution in [2.75, 3.05) is 12.0 Å². The third-order valence-corrected chi connectivity index (χ3v) is 3.34. The van der Waals surface area contributed by atoms with E-state index in [1.807, 2.05) is 0 Å². The Morgan fingerprint density at radius 3 is 2.55 bits per heavy atom. The van der Waals surface area contributed by atoms with Crippen molar-refractivity contribution >= 4 is 21.7 Å². The molecular weight excluding hydrogens is 288 g/mol. The first-order chi connectivity index (χ1) is 9.19. The smallest absolute Gasteiger partial charge is 0.326 e. The Balaban J connectivity index is 2.75. The molecule has 1 aromatic rings. The van der Waals surface area contributed by atoms with E-state index >= 15 is 0 Å². The zero-order chi connectivity index (χ0) is 15.3. The third-order valence-electron chi connectivity index (χ3n) is 2.37. The van der Waals surface area contributed by atoms with E-state index in [1.165, 1.54) is 0 Å². The van der Waals surface area contributed by atoms with Gasteiger partial charge in [-0.25, -0.2) is 13.2 Å². The topological polar surface area (TPSA) is 134 Å². The molecule has 3 N–H and O–H groups in total. The minimum absolute atomic E-state index is 0.0180. The Morgan fingerprint density at radius 2 is 2.05 bits per heavy atom. The number of hydrogen-bond donors (Lipinski definition) is 3. The van der Waals surface area contributed by atoms with E-state index in [-0.39, 0.29) is 23.5 Å². The van der Waals surface area contributed by atoms with E-state index in [9.17, 15) is 23.1 Å². The van der Waals surface area contributed by atoms with Gasteiger partial charge in [0.25, 0.3) is 5.91 Å². The van der Waals surface area contributed by atoms with Crippen LogP contribution in [-0.4, -0.2) is 53.5 Å². The molecule has 0 saturated carbocycles. The Bertz CT molecular complexity index is 613. The Labute approximate surface area is 115 Å². The van der Waals surface area contributed by atoms with Crippen LogP contribution in [0, 0.1) is 0 Å². The number of carboxylic acids is 1. The second-order valence-corrected chi connectivity index (χ2v) is 6.47. The van der Waals surface area contributed by atoms with E-state index in [0.717, 1.165) is 24.7 Å². The number of aromatic hydroxyl groups is 1. The monoisotopic (exact) mass is 302 g/mol. The Hall–Kier alpha value is -2.16. The zero-order valence-electron chi connectivity index (χ0n) is 10.6. The Morgan fingerprint density at radius 1 is 1.40 bits per heavy atom. The number of nitrogens with zero attached hydrogens (tertiary/aromatic N) is 1. The molecule has 110 valence electrons. The van der Waals surface area contributed by atoms with Crippen molar-refractivity contribution in [3.8, 4) is 5.75 Å². The van der Waals surface area contributed by atoms with E-state index < -0.39 is 27.8 Å². The maximum absolute atomic E-state index is 11.8. The summed E-state index contributed by atoms with van der Waals surface area (Å²) in [4.78, 5) is 26.3. The first-order valence-electron chi connectivity index (χ1n) is 5.54. The summed E-state index contributed by atoms with van der Waals surface area (Å²) in [6.07, 6.45) is 3.01. The number of aromatic nitrogens is 1. The summed E-state index contributed by atoms with van der Waals surface area (Å²) in [6.45, 7) is 0. The number of hydrogen-bond acceptors (Lipinski definition) is 6. The van der Waals surface area contributed by atoms with Crippen LogP contribution in [0.4, 0.5) is 0 Å². The average molecular weight is 302 g/mol. The van der Waals surface area contributed by atoms with E-state index in [2.05, 4.69) is 10.3 Å². The lowest BCUT2D eigenvalue weighted by Gasteiger charge is -2.13. The highest BCUT2D eigenvalue weighted by atomic mass is 32.2. The second kappa shape index (κ2) is 6.33. The number of aliphatic carboxylic acids is 1. The highest BCUT2D eigenvalue weighted by Crippen LogP contribution is 2.09. The molecule has 1 atom stereocenters. The van der Waals surface area contributed by atoms with Gasteiger partial charge >= 0.3 is 5.97 Å². The standard InChI is InChI=1S/C11H14N2O6S/c1-20(18,19)3-2-9(11(16)17)13-10(15)7-4-8(14)6-12-5-7/h4-6,9,14H,2-3H2,1H3,(H,13,15)(H,16,17). The summed E-state index contributed by atoms with van der Waals surface area (Å²) in [5.41, 5.74) is -0.0180. The predicted octanol–water partition coefficient (Wildman–Crippen LogP) is -0.595. The number of sulfone groups is 1. The predicted molar refractivity (Wildman–Crippen MR) is 69.1 cm³/mol. The van der Waals surface area contributed by atoms with Crippen LogP contribution in [0.15, 0.2) is 18.5 Å². The molecule has 1 rings (SSSR count). The van der Waals surface area contributed by atoms with Crippen molar-refractivity contribution in [3.05, 3.63) is 24.0 Å². The van der Waals surface area contributed by atoms with E-state index in [4.69, 9.17) is 5.11 Å². The van der Waals surface area contributed by atoms with Gasteiger partial charge < -0.3 is 15.5 Å². The summed E-state index contributed by atoms with van der Waals surface area (Å²) in [6, 6.07) is -0.211. The normalized spacial score (nSPS) is 12.7. The maximum Gasteiger partial charge on any atom is 0.326 e. The summed E-state index contributed by atoms with van der Waals surface area (Å²) >= 11 is 0. The van der Waals surface area contributed by atoms with Gasteiger partial charge in [0.15, 0.2) is 0 Å². The van der Waals surface area contributed by atoms with Crippen LogP contribution in [0.1, 0.15) is 16.8 Å². The fourth-order valence-electron chi connectivity index (χ4n) is 1.38. The van der Waals surface area contributed by atoms with E-state index in [1.54, 1.807) is 0 Å². The molecule has 1 amide bonds. The highest BCUT2D eigenvalue weighted by molar-refractivity contribution is 7.90. The van der Waals surface area contributed by atoms with Gasteiger partial charge in [0, 0.05) is 12.5 Å². The molecule has 0 aromatic carbocycles. The molecule has 0 radical (unpaired) electrons. The fourth-order valence-corrected chi connectivity index (χ4v) is 2.05. The van der Waals surface area contributed by atoms with Crippen molar-refractivity contribution in [2.45, 2.75) is 12.5 Å². The molecule has 0 aliphatic heterocycles. The van der Waals surface area contributed by atoms with Crippen LogP contribution in [0.3, 0.4) is 0 Å². The molecule has 8 nitrogen and oxygen atoms in total. The SMILES string of the molecule is CS(=O)(=O)CCC(NC(=O)c1cncc(O)c1)C(=O)O. The van der Waals surface area contributed by atoms with Crippen LogP contribution in [0.5, 0.6) is 5.75 Å². The molecule has 0 saturated heterocycles.